The van der Waals surface area contributed by atoms with Gasteiger partial charge in [0.1, 0.15) is 18.1 Å². The summed E-state index contributed by atoms with van der Waals surface area (Å²) in [6.45, 7) is 1.47. The van der Waals surface area contributed by atoms with Gasteiger partial charge in [-0.15, -0.1) is 11.3 Å². The molecule has 1 aromatic heterocycles. The summed E-state index contributed by atoms with van der Waals surface area (Å²) >= 11 is 1.71. The van der Waals surface area contributed by atoms with Gasteiger partial charge in [-0.05, 0) is 30.4 Å². The molecule has 0 saturated heterocycles. The smallest absolute Gasteiger partial charge is 0.128 e. The lowest BCUT2D eigenvalue weighted by atomic mass is 10.2. The number of nitrogens with one attached hydrogen (secondary N) is 1. The fourth-order valence-electron chi connectivity index (χ4n) is 2.03. The summed E-state index contributed by atoms with van der Waals surface area (Å²) in [4.78, 5) is 1.23. The molecule has 0 unspecified atom stereocenters. The van der Waals surface area contributed by atoms with Gasteiger partial charge in [-0.25, -0.2) is 0 Å². The molecule has 2 aromatic rings. The highest BCUT2D eigenvalue weighted by molar-refractivity contribution is 7.09. The van der Waals surface area contributed by atoms with Gasteiger partial charge in [0.25, 0.3) is 0 Å². The van der Waals surface area contributed by atoms with Crippen LogP contribution in [0.2, 0.25) is 0 Å². The predicted octanol–water partition coefficient (Wildman–Crippen LogP) is 3.59. The molecule has 1 aromatic carbocycles. The van der Waals surface area contributed by atoms with Gasteiger partial charge in [0, 0.05) is 29.1 Å². The van der Waals surface area contributed by atoms with Crippen LogP contribution in [0.25, 0.3) is 0 Å². The van der Waals surface area contributed by atoms with E-state index in [1.807, 2.05) is 18.2 Å². The van der Waals surface area contributed by atoms with Gasteiger partial charge in [-0.2, -0.15) is 0 Å². The van der Waals surface area contributed by atoms with Crippen molar-refractivity contribution in [2.45, 2.75) is 32.0 Å². The van der Waals surface area contributed by atoms with Crippen molar-refractivity contribution < 1.29 is 9.47 Å². The van der Waals surface area contributed by atoms with Gasteiger partial charge < -0.3 is 14.8 Å². The molecule has 0 aliphatic heterocycles. The van der Waals surface area contributed by atoms with Crippen molar-refractivity contribution in [3.63, 3.8) is 0 Å². The zero-order chi connectivity index (χ0) is 13.8. The molecule has 1 N–H and O–H groups in total. The first kappa shape index (κ1) is 13.5. The highest BCUT2D eigenvalue weighted by Gasteiger charge is 2.20. The Kier molecular flexibility index (Phi) is 4.23. The Balaban J connectivity index is 1.70. The Bertz CT molecular complexity index is 550. The molecule has 0 atom stereocenters. The summed E-state index contributed by atoms with van der Waals surface area (Å²) in [5.74, 6) is 1.74. The van der Waals surface area contributed by atoms with E-state index in [0.29, 0.717) is 12.6 Å². The van der Waals surface area contributed by atoms with E-state index in [0.717, 1.165) is 18.0 Å². The Hall–Kier alpha value is -1.52. The Morgan fingerprint density at radius 1 is 1.30 bits per heavy atom. The van der Waals surface area contributed by atoms with Crippen LogP contribution < -0.4 is 14.8 Å². The zero-order valence-corrected chi connectivity index (χ0v) is 12.4. The molecule has 1 saturated carbocycles. The minimum absolute atomic E-state index is 0.612. The van der Waals surface area contributed by atoms with Gasteiger partial charge in [0.15, 0.2) is 0 Å². The molecule has 0 bridgehead atoms. The summed E-state index contributed by atoms with van der Waals surface area (Å²) < 4.78 is 11.3. The lowest BCUT2D eigenvalue weighted by Crippen LogP contribution is -2.16. The Labute approximate surface area is 123 Å². The van der Waals surface area contributed by atoms with Crippen molar-refractivity contribution in [2.24, 2.45) is 0 Å². The highest BCUT2D eigenvalue weighted by Crippen LogP contribution is 2.27. The van der Waals surface area contributed by atoms with E-state index in [-0.39, 0.29) is 0 Å². The van der Waals surface area contributed by atoms with Crippen molar-refractivity contribution >= 4 is 11.3 Å². The molecule has 0 amide bonds. The van der Waals surface area contributed by atoms with Crippen molar-refractivity contribution in [1.29, 1.82) is 0 Å². The molecule has 1 fully saturated rings. The lowest BCUT2D eigenvalue weighted by Gasteiger charge is -2.13. The quantitative estimate of drug-likeness (QED) is 0.845. The van der Waals surface area contributed by atoms with E-state index in [1.165, 1.54) is 23.3 Å². The molecule has 4 heteroatoms. The maximum absolute atomic E-state index is 5.97. The van der Waals surface area contributed by atoms with E-state index in [4.69, 9.17) is 9.47 Å². The Morgan fingerprint density at radius 3 is 2.90 bits per heavy atom. The minimum atomic E-state index is 0.612. The fraction of sp³-hybridized carbons (Fsp3) is 0.375. The van der Waals surface area contributed by atoms with Crippen LogP contribution in [0.3, 0.4) is 0 Å². The molecular weight excluding hydrogens is 270 g/mol. The molecule has 0 spiro atoms. The van der Waals surface area contributed by atoms with E-state index in [9.17, 15) is 0 Å². The maximum Gasteiger partial charge on any atom is 0.128 e. The third kappa shape index (κ3) is 3.52. The Morgan fingerprint density at radius 2 is 2.20 bits per heavy atom. The van der Waals surface area contributed by atoms with Crippen molar-refractivity contribution in [1.82, 2.24) is 5.32 Å². The van der Waals surface area contributed by atoms with E-state index < -0.39 is 0 Å². The maximum atomic E-state index is 5.97. The molecule has 1 aliphatic carbocycles. The molecule has 106 valence electrons. The number of thiophene rings is 1. The van der Waals surface area contributed by atoms with Crippen molar-refractivity contribution in [3.8, 4) is 11.5 Å². The zero-order valence-electron chi connectivity index (χ0n) is 11.6. The molecular formula is C16H19NO2S. The summed E-state index contributed by atoms with van der Waals surface area (Å²) in [5.41, 5.74) is 1.19. The fourth-order valence-corrected chi connectivity index (χ4v) is 2.64. The summed E-state index contributed by atoms with van der Waals surface area (Å²) in [6.07, 6.45) is 2.59. The minimum Gasteiger partial charge on any atom is -0.497 e. The van der Waals surface area contributed by atoms with Crippen molar-refractivity contribution in [3.05, 3.63) is 46.2 Å². The van der Waals surface area contributed by atoms with Crippen LogP contribution in [-0.2, 0) is 13.2 Å². The third-order valence-corrected chi connectivity index (χ3v) is 4.23. The van der Waals surface area contributed by atoms with Gasteiger partial charge in [-0.3, -0.25) is 0 Å². The molecule has 0 radical (unpaired) electrons. The van der Waals surface area contributed by atoms with Crippen LogP contribution in [-0.4, -0.2) is 13.2 Å². The summed E-state index contributed by atoms with van der Waals surface area (Å²) in [5, 5.41) is 5.60. The van der Waals surface area contributed by atoms with Gasteiger partial charge in [0.2, 0.25) is 0 Å². The first-order chi connectivity index (χ1) is 9.85. The van der Waals surface area contributed by atoms with Crippen LogP contribution in [0.5, 0.6) is 11.5 Å². The normalized spacial score (nSPS) is 14.2. The second-order valence-corrected chi connectivity index (χ2v) is 6.03. The average molecular weight is 289 g/mol. The largest absolute Gasteiger partial charge is 0.497 e. The molecule has 20 heavy (non-hydrogen) atoms. The van der Waals surface area contributed by atoms with Crippen LogP contribution in [0.15, 0.2) is 35.7 Å². The molecule has 1 heterocycles. The molecule has 3 nitrogen and oxygen atoms in total. The van der Waals surface area contributed by atoms with Gasteiger partial charge >= 0.3 is 0 Å². The predicted molar refractivity (Wildman–Crippen MR) is 81.5 cm³/mol. The van der Waals surface area contributed by atoms with E-state index in [2.05, 4.69) is 22.8 Å². The second kappa shape index (κ2) is 6.29. The highest BCUT2D eigenvalue weighted by atomic mass is 32.1. The van der Waals surface area contributed by atoms with Crippen LogP contribution in [0, 0.1) is 0 Å². The SMILES string of the molecule is COc1ccc(CNC2CC2)c(OCc2cccs2)c1. The monoisotopic (exact) mass is 289 g/mol. The summed E-state index contributed by atoms with van der Waals surface area (Å²) in [7, 11) is 1.68. The first-order valence-electron chi connectivity index (χ1n) is 6.90. The second-order valence-electron chi connectivity index (χ2n) is 5.00. The molecule has 1 aliphatic rings. The number of rotatable bonds is 7. The average Bonchev–Trinajstić information content (AvgIpc) is 3.17. The number of methoxy groups -OCH3 is 1. The summed E-state index contributed by atoms with van der Waals surface area (Å²) in [6, 6.07) is 10.9. The number of hydrogen-bond acceptors (Lipinski definition) is 4. The van der Waals surface area contributed by atoms with Gasteiger partial charge in [0.05, 0.1) is 7.11 Å². The van der Waals surface area contributed by atoms with Crippen LogP contribution in [0.4, 0.5) is 0 Å². The number of hydrogen-bond donors (Lipinski definition) is 1. The van der Waals surface area contributed by atoms with E-state index in [1.54, 1.807) is 18.4 Å². The standard InChI is InChI=1S/C16H19NO2S/c1-18-14-7-4-12(10-17-13-5-6-13)16(9-14)19-11-15-3-2-8-20-15/h2-4,7-9,13,17H,5-6,10-11H2,1H3. The van der Waals surface area contributed by atoms with Crippen LogP contribution in [0.1, 0.15) is 23.3 Å². The molecule has 3 rings (SSSR count). The van der Waals surface area contributed by atoms with E-state index >= 15 is 0 Å². The van der Waals surface area contributed by atoms with Gasteiger partial charge in [-0.1, -0.05) is 12.1 Å². The third-order valence-electron chi connectivity index (χ3n) is 3.38. The lowest BCUT2D eigenvalue weighted by molar-refractivity contribution is 0.303. The number of benzene rings is 1. The first-order valence-corrected chi connectivity index (χ1v) is 7.78. The number of ether oxygens (including phenoxy) is 2. The van der Waals surface area contributed by atoms with Crippen LogP contribution >= 0.6 is 11.3 Å². The van der Waals surface area contributed by atoms with Crippen molar-refractivity contribution in [2.75, 3.05) is 7.11 Å². The topological polar surface area (TPSA) is 30.5 Å².